The molecule has 41 heavy (non-hydrogen) atoms. The van der Waals surface area contributed by atoms with Crippen LogP contribution in [0.1, 0.15) is 46.4 Å². The average molecular weight is 565 g/mol. The molecular weight excluding hydrogens is 530 g/mol. The van der Waals surface area contributed by atoms with E-state index in [2.05, 4.69) is 21.7 Å². The molecule has 2 aromatic carbocycles. The summed E-state index contributed by atoms with van der Waals surface area (Å²) in [6.45, 7) is 9.34. The molecule has 4 heterocycles. The topological polar surface area (TPSA) is 102 Å². The van der Waals surface area contributed by atoms with Crippen LogP contribution < -0.4 is 20.9 Å². The Hall–Kier alpha value is -3.99. The zero-order chi connectivity index (χ0) is 28.8. The van der Waals surface area contributed by atoms with Gasteiger partial charge in [0, 0.05) is 69.3 Å². The van der Waals surface area contributed by atoms with Crippen LogP contribution >= 0.6 is 0 Å². The van der Waals surface area contributed by atoms with Crippen molar-refractivity contribution < 1.29 is 23.2 Å². The number of hydrogen-bond acceptors (Lipinski definition) is 7. The molecule has 0 radical (unpaired) electrons. The smallest absolute Gasteiger partial charge is 0.262 e. The van der Waals surface area contributed by atoms with E-state index in [1.165, 1.54) is 6.07 Å². The van der Waals surface area contributed by atoms with Crippen molar-refractivity contribution in [3.8, 4) is 0 Å². The van der Waals surface area contributed by atoms with Crippen LogP contribution in [0.15, 0.2) is 42.6 Å². The lowest BCUT2D eigenvalue weighted by Crippen LogP contribution is -2.51. The second-order valence-electron chi connectivity index (χ2n) is 11.4. The van der Waals surface area contributed by atoms with Crippen LogP contribution in [0.4, 0.5) is 25.8 Å². The van der Waals surface area contributed by atoms with Gasteiger partial charge < -0.3 is 20.9 Å². The molecule has 2 aromatic rings. The molecule has 0 aliphatic carbocycles. The maximum absolute atomic E-state index is 14.4. The molecule has 9 nitrogen and oxygen atoms in total. The number of piperazine rings is 1. The standard InChI is InChI=1S/C30H34F2N6O3/c1-18-2-5-26(28(39)34-18)38-29(40)21-4-3-20(14-22(21)30(38)41)36-12-10-35(11-13-36)17-19-6-8-37(9-7-19)27-16-23(31)25(33)15-24(27)32/h3-4,14-16,19,26H,1-2,5-13,17,33H2,(H,34,39). The first kappa shape index (κ1) is 27.2. The predicted octanol–water partition coefficient (Wildman–Crippen LogP) is 2.97. The highest BCUT2D eigenvalue weighted by Gasteiger charge is 2.44. The van der Waals surface area contributed by atoms with E-state index in [1.54, 1.807) is 12.1 Å². The fraction of sp³-hybridized carbons (Fsp3) is 0.433. The van der Waals surface area contributed by atoms with E-state index < -0.39 is 29.5 Å². The summed E-state index contributed by atoms with van der Waals surface area (Å²) in [5.74, 6) is -1.83. The third kappa shape index (κ3) is 5.14. The zero-order valence-electron chi connectivity index (χ0n) is 22.9. The van der Waals surface area contributed by atoms with E-state index in [0.717, 1.165) is 62.2 Å². The molecule has 3 amide bonds. The van der Waals surface area contributed by atoms with Crippen molar-refractivity contribution in [3.05, 3.63) is 65.4 Å². The minimum Gasteiger partial charge on any atom is -0.396 e. The maximum atomic E-state index is 14.4. The molecule has 4 aliphatic rings. The van der Waals surface area contributed by atoms with Gasteiger partial charge in [0.25, 0.3) is 11.8 Å². The lowest BCUT2D eigenvalue weighted by molar-refractivity contribution is -0.125. The van der Waals surface area contributed by atoms with Crippen molar-refractivity contribution in [3.63, 3.8) is 0 Å². The first-order valence-electron chi connectivity index (χ1n) is 14.2. The summed E-state index contributed by atoms with van der Waals surface area (Å²) in [6.07, 6.45) is 2.70. The third-order valence-electron chi connectivity index (χ3n) is 8.81. The number of hydrogen-bond donors (Lipinski definition) is 2. The quantitative estimate of drug-likeness (QED) is 0.425. The Kier molecular flexibility index (Phi) is 7.14. The highest BCUT2D eigenvalue weighted by molar-refractivity contribution is 6.23. The number of benzene rings is 2. The van der Waals surface area contributed by atoms with Crippen molar-refractivity contribution in [2.75, 3.05) is 61.3 Å². The van der Waals surface area contributed by atoms with Crippen LogP contribution in [0.5, 0.6) is 0 Å². The van der Waals surface area contributed by atoms with Crippen LogP contribution in [0, 0.1) is 17.6 Å². The van der Waals surface area contributed by atoms with Gasteiger partial charge in [0.1, 0.15) is 17.7 Å². The molecule has 0 spiro atoms. The molecular formula is C30H34F2N6O3. The molecule has 0 saturated carbocycles. The minimum atomic E-state index is -0.821. The minimum absolute atomic E-state index is 0.178. The second-order valence-corrected chi connectivity index (χ2v) is 11.4. The molecule has 216 valence electrons. The summed E-state index contributed by atoms with van der Waals surface area (Å²) < 4.78 is 28.2. The SMILES string of the molecule is C=C1CCC(N2C(=O)c3ccc(N4CCN(CC5CCN(c6cc(F)c(N)cc6F)CC5)CC4)cc3C2=O)C(=O)N1. The van der Waals surface area contributed by atoms with E-state index in [4.69, 9.17) is 5.73 Å². The molecule has 3 fully saturated rings. The number of nitrogens with zero attached hydrogens (tertiary/aromatic N) is 4. The van der Waals surface area contributed by atoms with Crippen LogP contribution in [-0.4, -0.2) is 79.4 Å². The summed E-state index contributed by atoms with van der Waals surface area (Å²) in [5, 5.41) is 2.66. The molecule has 3 N–H and O–H groups in total. The first-order valence-corrected chi connectivity index (χ1v) is 14.2. The van der Waals surface area contributed by atoms with Crippen molar-refractivity contribution in [1.29, 1.82) is 0 Å². The first-order chi connectivity index (χ1) is 19.7. The van der Waals surface area contributed by atoms with E-state index >= 15 is 0 Å². The number of nitrogens with one attached hydrogen (secondary N) is 1. The number of nitrogen functional groups attached to an aromatic ring is 1. The lowest BCUT2D eigenvalue weighted by Gasteiger charge is -2.40. The highest BCUT2D eigenvalue weighted by Crippen LogP contribution is 2.32. The van der Waals surface area contributed by atoms with E-state index in [9.17, 15) is 23.2 Å². The molecule has 0 aromatic heterocycles. The molecule has 0 bridgehead atoms. The molecule has 3 saturated heterocycles. The van der Waals surface area contributed by atoms with Gasteiger partial charge in [-0.2, -0.15) is 0 Å². The highest BCUT2D eigenvalue weighted by atomic mass is 19.1. The molecule has 4 aliphatic heterocycles. The number of halogens is 2. The van der Waals surface area contributed by atoms with Crippen LogP contribution in [0.2, 0.25) is 0 Å². The summed E-state index contributed by atoms with van der Waals surface area (Å²) in [7, 11) is 0. The fourth-order valence-corrected chi connectivity index (χ4v) is 6.44. The number of carbonyl (C=O) groups excluding carboxylic acids is 3. The normalized spacial score (nSPS) is 22.4. The Morgan fingerprint density at radius 1 is 0.854 bits per heavy atom. The summed E-state index contributed by atoms with van der Waals surface area (Å²) in [5.41, 5.74) is 7.74. The average Bonchev–Trinajstić information content (AvgIpc) is 3.20. The number of fused-ring (bicyclic) bond motifs is 1. The van der Waals surface area contributed by atoms with Gasteiger partial charge in [0.05, 0.1) is 22.5 Å². The molecule has 6 rings (SSSR count). The monoisotopic (exact) mass is 564 g/mol. The number of allylic oxidation sites excluding steroid dienone is 1. The van der Waals surface area contributed by atoms with E-state index in [0.29, 0.717) is 48.7 Å². The van der Waals surface area contributed by atoms with Gasteiger partial charge in [0.2, 0.25) is 5.91 Å². The van der Waals surface area contributed by atoms with Crippen molar-refractivity contribution in [1.82, 2.24) is 15.1 Å². The number of anilines is 3. The van der Waals surface area contributed by atoms with Gasteiger partial charge in [-0.1, -0.05) is 6.58 Å². The summed E-state index contributed by atoms with van der Waals surface area (Å²) >= 11 is 0. The number of rotatable bonds is 5. The summed E-state index contributed by atoms with van der Waals surface area (Å²) in [4.78, 5) is 46.4. The Morgan fingerprint density at radius 2 is 1.56 bits per heavy atom. The zero-order valence-corrected chi connectivity index (χ0v) is 22.9. The number of amides is 3. The van der Waals surface area contributed by atoms with Gasteiger partial charge in [-0.15, -0.1) is 0 Å². The molecule has 11 heteroatoms. The molecule has 1 unspecified atom stereocenters. The Morgan fingerprint density at radius 3 is 2.27 bits per heavy atom. The Bertz CT molecular complexity index is 1420. The second kappa shape index (κ2) is 10.8. The number of piperidine rings is 2. The van der Waals surface area contributed by atoms with Crippen LogP contribution in [-0.2, 0) is 4.79 Å². The van der Waals surface area contributed by atoms with Gasteiger partial charge in [-0.3, -0.25) is 24.2 Å². The number of imide groups is 1. The fourth-order valence-electron chi connectivity index (χ4n) is 6.44. The number of carbonyl (C=O) groups is 3. The predicted molar refractivity (Wildman–Crippen MR) is 152 cm³/mol. The largest absolute Gasteiger partial charge is 0.396 e. The van der Waals surface area contributed by atoms with Gasteiger partial charge in [0.15, 0.2) is 0 Å². The van der Waals surface area contributed by atoms with Crippen LogP contribution in [0.25, 0.3) is 0 Å². The Balaban J connectivity index is 1.03. The van der Waals surface area contributed by atoms with Crippen molar-refractivity contribution in [2.24, 2.45) is 5.92 Å². The van der Waals surface area contributed by atoms with E-state index in [1.807, 2.05) is 11.0 Å². The summed E-state index contributed by atoms with van der Waals surface area (Å²) in [6, 6.07) is 6.77. The lowest BCUT2D eigenvalue weighted by atomic mass is 9.95. The maximum Gasteiger partial charge on any atom is 0.262 e. The number of nitrogens with two attached hydrogens (primary N) is 1. The van der Waals surface area contributed by atoms with Gasteiger partial charge in [-0.05, 0) is 49.8 Å². The van der Waals surface area contributed by atoms with Crippen LogP contribution in [0.3, 0.4) is 0 Å². The Labute approximate surface area is 237 Å². The van der Waals surface area contributed by atoms with E-state index in [-0.39, 0.29) is 17.3 Å². The molecule has 1 atom stereocenters. The van der Waals surface area contributed by atoms with Crippen molar-refractivity contribution in [2.45, 2.75) is 31.7 Å². The van der Waals surface area contributed by atoms with Crippen molar-refractivity contribution >= 4 is 34.8 Å². The third-order valence-corrected chi connectivity index (χ3v) is 8.81. The van der Waals surface area contributed by atoms with Gasteiger partial charge >= 0.3 is 0 Å². The van der Waals surface area contributed by atoms with Gasteiger partial charge in [-0.25, -0.2) is 8.78 Å².